The number of hydrogen-bond acceptors (Lipinski definition) is 2. The van der Waals surface area contributed by atoms with E-state index in [0.29, 0.717) is 19.0 Å². The molecule has 4 heteroatoms. The molecule has 4 nitrogen and oxygen atoms in total. The Kier molecular flexibility index (Phi) is 3.88. The predicted molar refractivity (Wildman–Crippen MR) is 65.3 cm³/mol. The summed E-state index contributed by atoms with van der Waals surface area (Å²) in [6.07, 6.45) is 4.90. The first kappa shape index (κ1) is 12.2. The summed E-state index contributed by atoms with van der Waals surface area (Å²) in [5.41, 5.74) is 0. The Bertz CT molecular complexity index is 311. The van der Waals surface area contributed by atoms with Gasteiger partial charge in [-0.1, -0.05) is 6.92 Å². The molecule has 1 aliphatic heterocycles. The molecule has 0 spiro atoms. The molecule has 0 aromatic carbocycles. The van der Waals surface area contributed by atoms with Gasteiger partial charge < -0.3 is 9.80 Å². The molecule has 0 aromatic rings. The number of carbonyl (C=O) groups excluding carboxylic acids is 1. The van der Waals surface area contributed by atoms with Crippen LogP contribution in [0.4, 0.5) is 4.79 Å². The molecule has 17 heavy (non-hydrogen) atoms. The van der Waals surface area contributed by atoms with Crippen molar-refractivity contribution in [3.8, 4) is 6.07 Å². The van der Waals surface area contributed by atoms with Gasteiger partial charge in [-0.25, -0.2) is 4.79 Å². The second-order valence-corrected chi connectivity index (χ2v) is 5.28. The SMILES string of the molecule is CC1CCN(C(=O)N(CCC#N)C2CC2)CC1. The van der Waals surface area contributed by atoms with Crippen LogP contribution in [0.5, 0.6) is 0 Å². The molecule has 2 rings (SSSR count). The molecule has 0 radical (unpaired) electrons. The van der Waals surface area contributed by atoms with E-state index in [9.17, 15) is 4.79 Å². The van der Waals surface area contributed by atoms with Crippen LogP contribution in [0.15, 0.2) is 0 Å². The van der Waals surface area contributed by atoms with Crippen LogP contribution in [0.25, 0.3) is 0 Å². The molecule has 94 valence electrons. The Morgan fingerprint density at radius 3 is 2.53 bits per heavy atom. The number of nitrogens with zero attached hydrogens (tertiary/aromatic N) is 3. The third kappa shape index (κ3) is 3.12. The molecular formula is C13H21N3O. The summed E-state index contributed by atoms with van der Waals surface area (Å²) in [6.45, 7) is 4.62. The third-order valence-electron chi connectivity index (χ3n) is 3.75. The first-order valence-corrected chi connectivity index (χ1v) is 6.65. The standard InChI is InChI=1S/C13H21N3O/c1-11-5-9-15(10-6-11)13(17)16(8-2-7-14)12-3-4-12/h11-12H,2-6,8-10H2,1H3. The molecule has 2 fully saturated rings. The molecule has 0 aromatic heterocycles. The number of amides is 2. The van der Waals surface area contributed by atoms with Gasteiger partial charge in [0, 0.05) is 25.7 Å². The van der Waals surface area contributed by atoms with Crippen LogP contribution in [0.3, 0.4) is 0 Å². The average Bonchev–Trinajstić information content (AvgIpc) is 3.14. The lowest BCUT2D eigenvalue weighted by Gasteiger charge is -2.34. The highest BCUT2D eigenvalue weighted by molar-refractivity contribution is 5.75. The van der Waals surface area contributed by atoms with Gasteiger partial charge in [-0.3, -0.25) is 0 Å². The van der Waals surface area contributed by atoms with Crippen molar-refractivity contribution in [2.45, 2.75) is 45.1 Å². The van der Waals surface area contributed by atoms with Crippen LogP contribution < -0.4 is 0 Å². The van der Waals surface area contributed by atoms with Gasteiger partial charge >= 0.3 is 6.03 Å². The van der Waals surface area contributed by atoms with Crippen LogP contribution >= 0.6 is 0 Å². The lowest BCUT2D eigenvalue weighted by molar-refractivity contribution is 0.133. The van der Waals surface area contributed by atoms with Crippen LogP contribution in [-0.4, -0.2) is 41.5 Å². The number of piperidine rings is 1. The largest absolute Gasteiger partial charge is 0.325 e. The van der Waals surface area contributed by atoms with E-state index in [1.165, 1.54) is 0 Å². The van der Waals surface area contributed by atoms with Crippen molar-refractivity contribution in [1.82, 2.24) is 9.80 Å². The van der Waals surface area contributed by atoms with E-state index in [1.54, 1.807) is 0 Å². The highest BCUT2D eigenvalue weighted by Crippen LogP contribution is 2.29. The Morgan fingerprint density at radius 2 is 2.00 bits per heavy atom. The molecule has 2 amide bonds. The minimum absolute atomic E-state index is 0.162. The number of likely N-dealkylation sites (tertiary alicyclic amines) is 1. The van der Waals surface area contributed by atoms with Crippen LogP contribution in [0, 0.1) is 17.2 Å². The lowest BCUT2D eigenvalue weighted by Crippen LogP contribution is -2.47. The molecule has 0 N–H and O–H groups in total. The molecule has 1 saturated heterocycles. The van der Waals surface area contributed by atoms with Crippen molar-refractivity contribution in [3.05, 3.63) is 0 Å². The molecule has 1 aliphatic carbocycles. The van der Waals surface area contributed by atoms with E-state index in [0.717, 1.165) is 44.7 Å². The van der Waals surface area contributed by atoms with Crippen molar-refractivity contribution in [2.24, 2.45) is 5.92 Å². The fourth-order valence-electron chi connectivity index (χ4n) is 2.37. The predicted octanol–water partition coefficient (Wildman–Crippen LogP) is 2.22. The molecular weight excluding hydrogens is 214 g/mol. The van der Waals surface area contributed by atoms with Gasteiger partial charge in [0.2, 0.25) is 0 Å². The van der Waals surface area contributed by atoms with Gasteiger partial charge in [0.05, 0.1) is 12.5 Å². The van der Waals surface area contributed by atoms with E-state index in [2.05, 4.69) is 13.0 Å². The van der Waals surface area contributed by atoms with Crippen molar-refractivity contribution in [2.75, 3.05) is 19.6 Å². The third-order valence-corrected chi connectivity index (χ3v) is 3.75. The minimum atomic E-state index is 0.162. The highest BCUT2D eigenvalue weighted by Gasteiger charge is 2.35. The summed E-state index contributed by atoms with van der Waals surface area (Å²) >= 11 is 0. The van der Waals surface area contributed by atoms with Crippen LogP contribution in [-0.2, 0) is 0 Å². The van der Waals surface area contributed by atoms with Gasteiger partial charge in [0.25, 0.3) is 0 Å². The summed E-state index contributed by atoms with van der Waals surface area (Å²) in [5.74, 6) is 0.743. The van der Waals surface area contributed by atoms with Gasteiger partial charge in [-0.2, -0.15) is 5.26 Å². The maximum atomic E-state index is 12.3. The van der Waals surface area contributed by atoms with E-state index in [-0.39, 0.29) is 6.03 Å². The number of carbonyl (C=O) groups is 1. The van der Waals surface area contributed by atoms with Crippen molar-refractivity contribution < 1.29 is 4.79 Å². The zero-order valence-electron chi connectivity index (χ0n) is 10.6. The van der Waals surface area contributed by atoms with Gasteiger partial charge in [-0.15, -0.1) is 0 Å². The van der Waals surface area contributed by atoms with E-state index in [1.807, 2.05) is 9.80 Å². The Balaban J connectivity index is 1.89. The zero-order valence-corrected chi connectivity index (χ0v) is 10.6. The zero-order chi connectivity index (χ0) is 12.3. The molecule has 0 unspecified atom stereocenters. The maximum Gasteiger partial charge on any atom is 0.320 e. The van der Waals surface area contributed by atoms with Crippen molar-refractivity contribution in [1.29, 1.82) is 5.26 Å². The number of urea groups is 1. The summed E-state index contributed by atoms with van der Waals surface area (Å²) in [7, 11) is 0. The number of rotatable bonds is 3. The fourth-order valence-corrected chi connectivity index (χ4v) is 2.37. The minimum Gasteiger partial charge on any atom is -0.325 e. The van der Waals surface area contributed by atoms with Gasteiger partial charge in [0.15, 0.2) is 0 Å². The van der Waals surface area contributed by atoms with Gasteiger partial charge in [-0.05, 0) is 31.6 Å². The van der Waals surface area contributed by atoms with Crippen LogP contribution in [0.2, 0.25) is 0 Å². The quantitative estimate of drug-likeness (QED) is 0.753. The van der Waals surface area contributed by atoms with Crippen molar-refractivity contribution in [3.63, 3.8) is 0 Å². The Morgan fingerprint density at radius 1 is 1.35 bits per heavy atom. The monoisotopic (exact) mass is 235 g/mol. The number of nitriles is 1. The van der Waals surface area contributed by atoms with E-state index < -0.39 is 0 Å². The molecule has 1 heterocycles. The first-order valence-electron chi connectivity index (χ1n) is 6.65. The second-order valence-electron chi connectivity index (χ2n) is 5.28. The topological polar surface area (TPSA) is 47.3 Å². The molecule has 0 bridgehead atoms. The summed E-state index contributed by atoms with van der Waals surface area (Å²) in [6, 6.07) is 2.71. The molecule has 1 saturated carbocycles. The summed E-state index contributed by atoms with van der Waals surface area (Å²) in [4.78, 5) is 16.2. The Labute approximate surface area is 103 Å². The Hall–Kier alpha value is -1.24. The average molecular weight is 235 g/mol. The highest BCUT2D eigenvalue weighted by atomic mass is 16.2. The lowest BCUT2D eigenvalue weighted by atomic mass is 9.99. The molecule has 0 atom stereocenters. The maximum absolute atomic E-state index is 12.3. The first-order chi connectivity index (χ1) is 8.22. The van der Waals surface area contributed by atoms with Crippen molar-refractivity contribution >= 4 is 6.03 Å². The smallest absolute Gasteiger partial charge is 0.320 e. The normalized spacial score (nSPS) is 21.1. The van der Waals surface area contributed by atoms with E-state index in [4.69, 9.17) is 5.26 Å². The molecule has 2 aliphatic rings. The second kappa shape index (κ2) is 5.39. The summed E-state index contributed by atoms with van der Waals surface area (Å²) < 4.78 is 0. The van der Waals surface area contributed by atoms with Gasteiger partial charge in [0.1, 0.15) is 0 Å². The fraction of sp³-hybridized carbons (Fsp3) is 0.846. The number of hydrogen-bond donors (Lipinski definition) is 0. The summed E-state index contributed by atoms with van der Waals surface area (Å²) in [5, 5.41) is 8.64. The van der Waals surface area contributed by atoms with Crippen LogP contribution in [0.1, 0.15) is 39.0 Å². The van der Waals surface area contributed by atoms with E-state index >= 15 is 0 Å².